The average Bonchev–Trinajstić information content (AvgIpc) is 2.49. The number of hydrogen-bond donors (Lipinski definition) is 2. The molecule has 114 valence electrons. The largest absolute Gasteiger partial charge is 0.373 e. The number of amides is 2. The van der Waals surface area contributed by atoms with E-state index >= 15 is 0 Å². The van der Waals surface area contributed by atoms with Gasteiger partial charge >= 0.3 is 0 Å². The number of carbonyl (C=O) groups is 2. The zero-order valence-corrected chi connectivity index (χ0v) is 11.8. The fourth-order valence-electron chi connectivity index (χ4n) is 2.42. The van der Waals surface area contributed by atoms with Crippen LogP contribution in [0.2, 0.25) is 0 Å². The summed E-state index contributed by atoms with van der Waals surface area (Å²) in [5, 5.41) is 2.89. The highest BCUT2D eigenvalue weighted by Crippen LogP contribution is 2.14. The highest BCUT2D eigenvalue weighted by molar-refractivity contribution is 5.89. The standard InChI is InChI=1S/C15H20FN3O2/c16-11-4-6-12(7-5-11)18-13(15(17)21)10-14(20)19-8-2-1-3-9-19/h4-7,13,18H,1-3,8-10H2,(H2,17,21). The Hall–Kier alpha value is -2.11. The van der Waals surface area contributed by atoms with E-state index in [2.05, 4.69) is 5.32 Å². The van der Waals surface area contributed by atoms with E-state index in [4.69, 9.17) is 5.73 Å². The molecule has 5 nitrogen and oxygen atoms in total. The molecule has 1 aliphatic rings. The van der Waals surface area contributed by atoms with Crippen LogP contribution in [0.15, 0.2) is 24.3 Å². The number of nitrogens with two attached hydrogens (primary N) is 1. The summed E-state index contributed by atoms with van der Waals surface area (Å²) in [5.74, 6) is -1.03. The lowest BCUT2D eigenvalue weighted by Gasteiger charge is -2.28. The highest BCUT2D eigenvalue weighted by Gasteiger charge is 2.24. The summed E-state index contributed by atoms with van der Waals surface area (Å²) in [4.78, 5) is 25.4. The molecule has 1 aromatic carbocycles. The molecule has 1 heterocycles. The second-order valence-electron chi connectivity index (χ2n) is 5.25. The molecule has 2 amide bonds. The second-order valence-corrected chi connectivity index (χ2v) is 5.25. The fourth-order valence-corrected chi connectivity index (χ4v) is 2.42. The minimum atomic E-state index is -0.787. The van der Waals surface area contributed by atoms with Crippen LogP contribution in [0.5, 0.6) is 0 Å². The third kappa shape index (κ3) is 4.44. The lowest BCUT2D eigenvalue weighted by Crippen LogP contribution is -2.43. The Morgan fingerprint density at radius 2 is 1.81 bits per heavy atom. The van der Waals surface area contributed by atoms with E-state index in [0.29, 0.717) is 5.69 Å². The van der Waals surface area contributed by atoms with Crippen LogP contribution in [-0.4, -0.2) is 35.8 Å². The first-order valence-corrected chi connectivity index (χ1v) is 7.15. The van der Waals surface area contributed by atoms with Gasteiger partial charge in [-0.05, 0) is 43.5 Å². The molecule has 3 N–H and O–H groups in total. The molecule has 0 bridgehead atoms. The fraction of sp³-hybridized carbons (Fsp3) is 0.467. The maximum absolute atomic E-state index is 12.9. The summed E-state index contributed by atoms with van der Waals surface area (Å²) in [7, 11) is 0. The van der Waals surface area contributed by atoms with Crippen molar-refractivity contribution in [3.63, 3.8) is 0 Å². The number of anilines is 1. The second kappa shape index (κ2) is 7.06. The van der Waals surface area contributed by atoms with Crippen LogP contribution in [0.25, 0.3) is 0 Å². The topological polar surface area (TPSA) is 75.4 Å². The molecular weight excluding hydrogens is 273 g/mol. The van der Waals surface area contributed by atoms with Crippen molar-refractivity contribution in [2.45, 2.75) is 31.7 Å². The smallest absolute Gasteiger partial charge is 0.240 e. The molecule has 0 radical (unpaired) electrons. The van der Waals surface area contributed by atoms with Gasteiger partial charge in [-0.25, -0.2) is 4.39 Å². The first kappa shape index (κ1) is 15.3. The Bertz CT molecular complexity index is 498. The van der Waals surface area contributed by atoms with Gasteiger partial charge in [-0.1, -0.05) is 0 Å². The van der Waals surface area contributed by atoms with E-state index in [1.807, 2.05) is 0 Å². The van der Waals surface area contributed by atoms with Crippen molar-refractivity contribution in [3.8, 4) is 0 Å². The van der Waals surface area contributed by atoms with Gasteiger partial charge in [0, 0.05) is 18.8 Å². The number of rotatable bonds is 5. The van der Waals surface area contributed by atoms with Gasteiger partial charge in [0.1, 0.15) is 11.9 Å². The number of piperidine rings is 1. The van der Waals surface area contributed by atoms with E-state index in [9.17, 15) is 14.0 Å². The third-order valence-electron chi connectivity index (χ3n) is 3.62. The molecule has 1 aromatic rings. The van der Waals surface area contributed by atoms with Crippen molar-refractivity contribution in [2.24, 2.45) is 5.73 Å². The molecule has 0 saturated carbocycles. The van der Waals surface area contributed by atoms with Crippen molar-refractivity contribution in [1.29, 1.82) is 0 Å². The van der Waals surface area contributed by atoms with E-state index in [1.165, 1.54) is 24.3 Å². The molecule has 1 aliphatic heterocycles. The van der Waals surface area contributed by atoms with Crippen LogP contribution in [-0.2, 0) is 9.59 Å². The summed E-state index contributed by atoms with van der Waals surface area (Å²) in [6, 6.07) is 4.80. The Labute approximate surface area is 123 Å². The third-order valence-corrected chi connectivity index (χ3v) is 3.62. The van der Waals surface area contributed by atoms with Gasteiger partial charge in [-0.15, -0.1) is 0 Å². The van der Waals surface area contributed by atoms with Gasteiger partial charge in [0.25, 0.3) is 0 Å². The lowest BCUT2D eigenvalue weighted by atomic mass is 10.1. The van der Waals surface area contributed by atoms with Crippen molar-refractivity contribution in [2.75, 3.05) is 18.4 Å². The predicted molar refractivity (Wildman–Crippen MR) is 78.1 cm³/mol. The van der Waals surface area contributed by atoms with Gasteiger partial charge in [0.15, 0.2) is 0 Å². The van der Waals surface area contributed by atoms with Crippen LogP contribution in [0.3, 0.4) is 0 Å². The maximum atomic E-state index is 12.9. The summed E-state index contributed by atoms with van der Waals surface area (Å²) in [6.07, 6.45) is 3.15. The van der Waals surface area contributed by atoms with E-state index in [0.717, 1.165) is 32.4 Å². The molecule has 1 saturated heterocycles. The van der Waals surface area contributed by atoms with Gasteiger partial charge in [0.2, 0.25) is 11.8 Å². The van der Waals surface area contributed by atoms with Crippen LogP contribution < -0.4 is 11.1 Å². The lowest BCUT2D eigenvalue weighted by molar-refractivity contribution is -0.134. The Morgan fingerprint density at radius 3 is 2.38 bits per heavy atom. The first-order valence-electron chi connectivity index (χ1n) is 7.15. The van der Waals surface area contributed by atoms with Crippen LogP contribution in [0, 0.1) is 5.82 Å². The average molecular weight is 293 g/mol. The predicted octanol–water partition coefficient (Wildman–Crippen LogP) is 1.49. The Balaban J connectivity index is 1.96. The monoisotopic (exact) mass is 293 g/mol. The number of halogens is 1. The molecule has 0 aliphatic carbocycles. The van der Waals surface area contributed by atoms with Gasteiger partial charge in [-0.3, -0.25) is 9.59 Å². The number of benzene rings is 1. The minimum absolute atomic E-state index is 0.0205. The number of carbonyl (C=O) groups excluding carboxylic acids is 2. The SMILES string of the molecule is NC(=O)C(CC(=O)N1CCCCC1)Nc1ccc(F)cc1. The van der Waals surface area contributed by atoms with Crippen molar-refractivity contribution < 1.29 is 14.0 Å². The summed E-state index contributed by atoms with van der Waals surface area (Å²) < 4.78 is 12.9. The van der Waals surface area contributed by atoms with Gasteiger partial charge < -0.3 is 16.0 Å². The van der Waals surface area contributed by atoms with E-state index < -0.39 is 11.9 Å². The van der Waals surface area contributed by atoms with Crippen LogP contribution >= 0.6 is 0 Å². The maximum Gasteiger partial charge on any atom is 0.240 e. The van der Waals surface area contributed by atoms with E-state index in [-0.39, 0.29) is 18.1 Å². The van der Waals surface area contributed by atoms with Crippen molar-refractivity contribution >= 4 is 17.5 Å². The number of nitrogens with one attached hydrogen (secondary N) is 1. The van der Waals surface area contributed by atoms with Crippen LogP contribution in [0.4, 0.5) is 10.1 Å². The molecule has 6 heteroatoms. The molecule has 1 atom stereocenters. The van der Waals surface area contributed by atoms with Gasteiger partial charge in [0.05, 0.1) is 6.42 Å². The van der Waals surface area contributed by atoms with Crippen LogP contribution in [0.1, 0.15) is 25.7 Å². The Morgan fingerprint density at radius 1 is 1.19 bits per heavy atom. The number of nitrogens with zero attached hydrogens (tertiary/aromatic N) is 1. The molecule has 0 aromatic heterocycles. The molecule has 21 heavy (non-hydrogen) atoms. The molecule has 1 unspecified atom stereocenters. The normalized spacial score (nSPS) is 16.3. The first-order chi connectivity index (χ1) is 10.1. The molecule has 1 fully saturated rings. The zero-order valence-electron chi connectivity index (χ0n) is 11.8. The number of likely N-dealkylation sites (tertiary alicyclic amines) is 1. The van der Waals surface area contributed by atoms with E-state index in [1.54, 1.807) is 4.90 Å². The number of hydrogen-bond acceptors (Lipinski definition) is 3. The summed E-state index contributed by atoms with van der Waals surface area (Å²) >= 11 is 0. The minimum Gasteiger partial charge on any atom is -0.373 e. The summed E-state index contributed by atoms with van der Waals surface area (Å²) in [5.41, 5.74) is 5.91. The number of primary amides is 1. The molecular formula is C15H20FN3O2. The zero-order chi connectivity index (χ0) is 15.2. The van der Waals surface area contributed by atoms with Crippen molar-refractivity contribution in [3.05, 3.63) is 30.1 Å². The summed E-state index contributed by atoms with van der Waals surface area (Å²) in [6.45, 7) is 1.47. The van der Waals surface area contributed by atoms with Crippen molar-refractivity contribution in [1.82, 2.24) is 4.90 Å². The van der Waals surface area contributed by atoms with Gasteiger partial charge in [-0.2, -0.15) is 0 Å². The highest BCUT2D eigenvalue weighted by atomic mass is 19.1. The Kier molecular flexibility index (Phi) is 5.14. The molecule has 0 spiro atoms. The quantitative estimate of drug-likeness (QED) is 0.863. The molecule has 2 rings (SSSR count).